The summed E-state index contributed by atoms with van der Waals surface area (Å²) in [6, 6.07) is 6.13. The molecule has 1 aliphatic rings. The summed E-state index contributed by atoms with van der Waals surface area (Å²) in [5, 5.41) is 10.3. The lowest BCUT2D eigenvalue weighted by Crippen LogP contribution is -2.25. The van der Waals surface area contributed by atoms with Gasteiger partial charge in [0.25, 0.3) is 5.91 Å². The molecular weight excluding hydrogens is 256 g/mol. The van der Waals surface area contributed by atoms with Gasteiger partial charge in [-0.2, -0.15) is 11.3 Å². The maximum Gasteiger partial charge on any atom is 0.256 e. The summed E-state index contributed by atoms with van der Waals surface area (Å²) in [7, 11) is 0. The fourth-order valence-electron chi connectivity index (χ4n) is 2.41. The summed E-state index contributed by atoms with van der Waals surface area (Å²) < 4.78 is 0. The molecule has 1 aliphatic heterocycles. The van der Waals surface area contributed by atoms with Crippen LogP contribution in [-0.2, 0) is 13.0 Å². The quantitative estimate of drug-likeness (QED) is 0.882. The minimum atomic E-state index is -0.0160. The molecule has 4 heteroatoms. The number of hydrogen-bond donors (Lipinski definition) is 2. The van der Waals surface area contributed by atoms with Crippen LogP contribution in [0.5, 0.6) is 0 Å². The Kier molecular flexibility index (Phi) is 3.36. The molecule has 0 bridgehead atoms. The molecule has 1 amide bonds. The molecule has 3 rings (SSSR count). The van der Waals surface area contributed by atoms with E-state index in [-0.39, 0.29) is 5.91 Å². The molecule has 0 radical (unpaired) electrons. The molecule has 0 fully saturated rings. The van der Waals surface area contributed by atoms with Crippen LogP contribution >= 0.6 is 11.3 Å². The van der Waals surface area contributed by atoms with Gasteiger partial charge in [-0.05, 0) is 48.0 Å². The minimum absolute atomic E-state index is 0.0160. The summed E-state index contributed by atoms with van der Waals surface area (Å²) >= 11 is 1.56. The molecule has 2 aromatic rings. The van der Waals surface area contributed by atoms with Gasteiger partial charge in [0.15, 0.2) is 0 Å². The van der Waals surface area contributed by atoms with E-state index >= 15 is 0 Å². The molecule has 3 nitrogen and oxygen atoms in total. The fraction of sp³-hybridized carbons (Fsp3) is 0.267. The first-order valence-corrected chi connectivity index (χ1v) is 7.35. The Bertz CT molecular complexity index is 618. The third-order valence-corrected chi connectivity index (χ3v) is 4.36. The Hall–Kier alpha value is -1.65. The van der Waals surface area contributed by atoms with Crippen molar-refractivity contribution in [3.05, 3.63) is 51.2 Å². The molecule has 2 N–H and O–H groups in total. The van der Waals surface area contributed by atoms with E-state index < -0.39 is 0 Å². The predicted octanol–water partition coefficient (Wildman–Crippen LogP) is 2.95. The maximum atomic E-state index is 12.3. The van der Waals surface area contributed by atoms with Crippen LogP contribution in [0, 0.1) is 6.92 Å². The summed E-state index contributed by atoms with van der Waals surface area (Å²) in [4.78, 5) is 12.3. The molecule has 0 spiro atoms. The SMILES string of the molecule is Cc1cscc1C(=O)Nc1cccc2c1CNCC2. The van der Waals surface area contributed by atoms with Gasteiger partial charge < -0.3 is 10.6 Å². The summed E-state index contributed by atoms with van der Waals surface area (Å²) in [6.45, 7) is 3.80. The number of fused-ring (bicyclic) bond motifs is 1. The zero-order valence-corrected chi connectivity index (χ0v) is 11.6. The molecule has 0 unspecified atom stereocenters. The van der Waals surface area contributed by atoms with Crippen molar-refractivity contribution in [3.8, 4) is 0 Å². The van der Waals surface area contributed by atoms with Gasteiger partial charge in [0, 0.05) is 17.6 Å². The third kappa shape index (κ3) is 2.41. The number of aryl methyl sites for hydroxylation is 1. The first-order valence-electron chi connectivity index (χ1n) is 6.41. The van der Waals surface area contributed by atoms with Crippen LogP contribution in [0.15, 0.2) is 29.0 Å². The summed E-state index contributed by atoms with van der Waals surface area (Å²) in [5.74, 6) is -0.0160. The molecule has 0 saturated heterocycles. The first kappa shape index (κ1) is 12.4. The van der Waals surface area contributed by atoms with Crippen molar-refractivity contribution >= 4 is 22.9 Å². The van der Waals surface area contributed by atoms with Crippen molar-refractivity contribution in [1.29, 1.82) is 0 Å². The van der Waals surface area contributed by atoms with Crippen LogP contribution in [0.1, 0.15) is 27.0 Å². The van der Waals surface area contributed by atoms with E-state index in [0.29, 0.717) is 0 Å². The number of benzene rings is 1. The Morgan fingerprint density at radius 1 is 1.37 bits per heavy atom. The maximum absolute atomic E-state index is 12.3. The molecule has 0 atom stereocenters. The van der Waals surface area contributed by atoms with E-state index in [1.807, 2.05) is 29.8 Å². The van der Waals surface area contributed by atoms with E-state index in [4.69, 9.17) is 0 Å². The Balaban J connectivity index is 1.88. The Morgan fingerprint density at radius 2 is 2.26 bits per heavy atom. The molecule has 19 heavy (non-hydrogen) atoms. The third-order valence-electron chi connectivity index (χ3n) is 3.49. The van der Waals surface area contributed by atoms with Gasteiger partial charge >= 0.3 is 0 Å². The molecule has 1 aromatic carbocycles. The predicted molar refractivity (Wildman–Crippen MR) is 78.9 cm³/mol. The molecule has 2 heterocycles. The normalized spacial score (nSPS) is 13.9. The van der Waals surface area contributed by atoms with Gasteiger partial charge in [-0.15, -0.1) is 0 Å². The van der Waals surface area contributed by atoms with Crippen molar-refractivity contribution in [3.63, 3.8) is 0 Å². The van der Waals surface area contributed by atoms with Crippen molar-refractivity contribution in [2.24, 2.45) is 0 Å². The fourth-order valence-corrected chi connectivity index (χ4v) is 3.24. The highest BCUT2D eigenvalue weighted by molar-refractivity contribution is 7.08. The number of nitrogens with one attached hydrogen (secondary N) is 2. The van der Waals surface area contributed by atoms with E-state index in [1.54, 1.807) is 11.3 Å². The van der Waals surface area contributed by atoms with Gasteiger partial charge in [-0.1, -0.05) is 12.1 Å². The second kappa shape index (κ2) is 5.15. The second-order valence-corrected chi connectivity index (χ2v) is 5.54. The van der Waals surface area contributed by atoms with E-state index in [9.17, 15) is 4.79 Å². The van der Waals surface area contributed by atoms with Crippen LogP contribution in [0.25, 0.3) is 0 Å². The average molecular weight is 272 g/mol. The Morgan fingerprint density at radius 3 is 3.05 bits per heavy atom. The first-order chi connectivity index (χ1) is 9.25. The lowest BCUT2D eigenvalue weighted by molar-refractivity contribution is 0.102. The monoisotopic (exact) mass is 272 g/mol. The molecule has 1 aromatic heterocycles. The number of thiophene rings is 1. The number of rotatable bonds is 2. The number of amides is 1. The topological polar surface area (TPSA) is 41.1 Å². The molecule has 0 aliphatic carbocycles. The van der Waals surface area contributed by atoms with Crippen LogP contribution < -0.4 is 10.6 Å². The molecule has 0 saturated carbocycles. The summed E-state index contributed by atoms with van der Waals surface area (Å²) in [6.07, 6.45) is 1.02. The minimum Gasteiger partial charge on any atom is -0.322 e. The highest BCUT2D eigenvalue weighted by Gasteiger charge is 2.15. The second-order valence-electron chi connectivity index (χ2n) is 4.79. The number of hydrogen-bond acceptors (Lipinski definition) is 3. The smallest absolute Gasteiger partial charge is 0.256 e. The molecule has 98 valence electrons. The molecular formula is C15H16N2OS. The summed E-state index contributed by atoms with van der Waals surface area (Å²) in [5.41, 5.74) is 5.28. The van der Waals surface area contributed by atoms with Crippen LogP contribution in [0.2, 0.25) is 0 Å². The lowest BCUT2D eigenvalue weighted by Gasteiger charge is -2.20. The number of carbonyl (C=O) groups excluding carboxylic acids is 1. The largest absolute Gasteiger partial charge is 0.322 e. The van der Waals surface area contributed by atoms with Gasteiger partial charge in [-0.25, -0.2) is 0 Å². The standard InChI is InChI=1S/C15H16N2OS/c1-10-8-19-9-13(10)15(18)17-14-4-2-3-11-5-6-16-7-12(11)14/h2-4,8-9,16H,5-7H2,1H3,(H,17,18). The Labute approximate surface area is 116 Å². The van der Waals surface area contributed by atoms with Crippen LogP contribution in [0.4, 0.5) is 5.69 Å². The van der Waals surface area contributed by atoms with Crippen molar-refractivity contribution in [2.45, 2.75) is 19.9 Å². The highest BCUT2D eigenvalue weighted by Crippen LogP contribution is 2.24. The van der Waals surface area contributed by atoms with Crippen molar-refractivity contribution < 1.29 is 4.79 Å². The van der Waals surface area contributed by atoms with Crippen molar-refractivity contribution in [2.75, 3.05) is 11.9 Å². The van der Waals surface area contributed by atoms with Crippen LogP contribution in [-0.4, -0.2) is 12.5 Å². The highest BCUT2D eigenvalue weighted by atomic mass is 32.1. The number of anilines is 1. The average Bonchev–Trinajstić information content (AvgIpc) is 2.85. The van der Waals surface area contributed by atoms with Gasteiger partial charge in [0.1, 0.15) is 0 Å². The zero-order valence-electron chi connectivity index (χ0n) is 10.8. The van der Waals surface area contributed by atoms with Gasteiger partial charge in [0.05, 0.1) is 5.56 Å². The zero-order chi connectivity index (χ0) is 13.2. The van der Waals surface area contributed by atoms with E-state index in [0.717, 1.165) is 36.3 Å². The van der Waals surface area contributed by atoms with E-state index in [1.165, 1.54) is 11.1 Å². The number of carbonyl (C=O) groups is 1. The van der Waals surface area contributed by atoms with Crippen molar-refractivity contribution in [1.82, 2.24) is 5.32 Å². The van der Waals surface area contributed by atoms with E-state index in [2.05, 4.69) is 16.7 Å². The van der Waals surface area contributed by atoms with Crippen LogP contribution in [0.3, 0.4) is 0 Å². The van der Waals surface area contributed by atoms with Gasteiger partial charge in [0.2, 0.25) is 0 Å². The lowest BCUT2D eigenvalue weighted by atomic mass is 9.99. The van der Waals surface area contributed by atoms with Gasteiger partial charge in [-0.3, -0.25) is 4.79 Å².